The van der Waals surface area contributed by atoms with E-state index in [0.717, 1.165) is 10.6 Å². The molecule has 0 aliphatic heterocycles. The van der Waals surface area contributed by atoms with E-state index in [2.05, 4.69) is 15.4 Å². The van der Waals surface area contributed by atoms with E-state index in [-0.39, 0.29) is 12.6 Å². The number of hydrogen-bond acceptors (Lipinski definition) is 5. The molecule has 8 heteroatoms. The molecule has 1 amide bonds. The lowest BCUT2D eigenvalue weighted by Gasteiger charge is -2.06. The Kier molecular flexibility index (Phi) is 4.82. The van der Waals surface area contributed by atoms with Crippen molar-refractivity contribution in [3.63, 3.8) is 0 Å². The van der Waals surface area contributed by atoms with Gasteiger partial charge in [-0.15, -0.1) is 11.3 Å². The number of halogens is 1. The number of nitrogens with one attached hydrogen (secondary N) is 1. The zero-order valence-corrected chi connectivity index (χ0v) is 14.7. The van der Waals surface area contributed by atoms with Gasteiger partial charge in [-0.25, -0.2) is 9.67 Å². The Morgan fingerprint density at radius 1 is 1.38 bits per heavy atom. The Balaban J connectivity index is 1.61. The summed E-state index contributed by atoms with van der Waals surface area (Å²) in [5, 5.41) is 8.11. The topological polar surface area (TPSA) is 69.0 Å². The normalized spacial score (nSPS) is 10.6. The standard InChI is InChI=1S/C16H15ClN4O2S/c1-10-11(2)24-16(18-10)19-15(22)14-6-7-21(20-14)9-23-13-5-3-4-12(17)8-13/h3-8H,9H2,1-2H3,(H,18,19,22). The molecule has 3 rings (SSSR count). The van der Waals surface area contributed by atoms with E-state index in [1.807, 2.05) is 13.8 Å². The average molecular weight is 363 g/mol. The summed E-state index contributed by atoms with van der Waals surface area (Å²) in [5.41, 5.74) is 1.21. The van der Waals surface area contributed by atoms with E-state index < -0.39 is 0 Å². The predicted octanol–water partition coefficient (Wildman–Crippen LogP) is 3.90. The zero-order valence-electron chi connectivity index (χ0n) is 13.1. The molecule has 6 nitrogen and oxygen atoms in total. The van der Waals surface area contributed by atoms with Crippen molar-refractivity contribution in [1.29, 1.82) is 0 Å². The zero-order chi connectivity index (χ0) is 17.1. The highest BCUT2D eigenvalue weighted by Gasteiger charge is 2.13. The van der Waals surface area contributed by atoms with E-state index in [0.29, 0.717) is 21.6 Å². The van der Waals surface area contributed by atoms with Crippen LogP contribution >= 0.6 is 22.9 Å². The molecule has 0 fully saturated rings. The first-order valence-corrected chi connectivity index (χ1v) is 8.38. The minimum Gasteiger partial charge on any atom is -0.471 e. The molecule has 24 heavy (non-hydrogen) atoms. The number of aryl methyl sites for hydroxylation is 2. The fourth-order valence-electron chi connectivity index (χ4n) is 1.94. The van der Waals surface area contributed by atoms with Gasteiger partial charge < -0.3 is 4.74 Å². The molecule has 0 saturated carbocycles. The van der Waals surface area contributed by atoms with E-state index in [1.54, 1.807) is 36.5 Å². The summed E-state index contributed by atoms with van der Waals surface area (Å²) < 4.78 is 7.11. The van der Waals surface area contributed by atoms with Crippen LogP contribution < -0.4 is 10.1 Å². The second kappa shape index (κ2) is 7.02. The van der Waals surface area contributed by atoms with Gasteiger partial charge in [0.15, 0.2) is 17.6 Å². The smallest absolute Gasteiger partial charge is 0.277 e. The van der Waals surface area contributed by atoms with Gasteiger partial charge in [0, 0.05) is 16.1 Å². The van der Waals surface area contributed by atoms with E-state index >= 15 is 0 Å². The molecule has 0 saturated heterocycles. The van der Waals surface area contributed by atoms with Gasteiger partial charge in [-0.2, -0.15) is 5.10 Å². The number of carbonyl (C=O) groups excluding carboxylic acids is 1. The third-order valence-electron chi connectivity index (χ3n) is 3.28. The van der Waals surface area contributed by atoms with Crippen LogP contribution in [0.25, 0.3) is 0 Å². The van der Waals surface area contributed by atoms with Crippen molar-refractivity contribution in [1.82, 2.24) is 14.8 Å². The first-order valence-electron chi connectivity index (χ1n) is 7.18. The molecule has 0 bridgehead atoms. The third-order valence-corrected chi connectivity index (χ3v) is 4.51. The van der Waals surface area contributed by atoms with Crippen LogP contribution in [0.3, 0.4) is 0 Å². The monoisotopic (exact) mass is 362 g/mol. The van der Waals surface area contributed by atoms with Crippen LogP contribution in [-0.4, -0.2) is 20.7 Å². The second-order valence-corrected chi connectivity index (χ2v) is 6.73. The van der Waals surface area contributed by atoms with Crippen LogP contribution in [0.4, 0.5) is 5.13 Å². The van der Waals surface area contributed by atoms with Gasteiger partial charge in [-0.3, -0.25) is 10.1 Å². The highest BCUT2D eigenvalue weighted by molar-refractivity contribution is 7.15. The maximum absolute atomic E-state index is 12.2. The summed E-state index contributed by atoms with van der Waals surface area (Å²) in [6.07, 6.45) is 1.68. The van der Waals surface area contributed by atoms with Crippen molar-refractivity contribution in [2.24, 2.45) is 0 Å². The lowest BCUT2D eigenvalue weighted by atomic mass is 10.3. The largest absolute Gasteiger partial charge is 0.471 e. The fraction of sp³-hybridized carbons (Fsp3) is 0.188. The van der Waals surface area contributed by atoms with Crippen molar-refractivity contribution in [2.45, 2.75) is 20.6 Å². The van der Waals surface area contributed by atoms with Crippen LogP contribution in [0.1, 0.15) is 21.1 Å². The van der Waals surface area contributed by atoms with Gasteiger partial charge in [0.2, 0.25) is 0 Å². The van der Waals surface area contributed by atoms with Crippen LogP contribution in [0.15, 0.2) is 36.5 Å². The molecule has 0 aliphatic rings. The highest BCUT2D eigenvalue weighted by Crippen LogP contribution is 2.21. The quantitative estimate of drug-likeness (QED) is 0.747. The maximum atomic E-state index is 12.2. The number of aromatic nitrogens is 3. The van der Waals surface area contributed by atoms with E-state index in [1.165, 1.54) is 16.0 Å². The molecule has 2 heterocycles. The highest BCUT2D eigenvalue weighted by atomic mass is 35.5. The first-order chi connectivity index (χ1) is 11.5. The molecule has 0 atom stereocenters. The summed E-state index contributed by atoms with van der Waals surface area (Å²) in [4.78, 5) is 17.5. The van der Waals surface area contributed by atoms with E-state index in [4.69, 9.17) is 16.3 Å². The van der Waals surface area contributed by atoms with Crippen molar-refractivity contribution >= 4 is 34.0 Å². The molecular weight excluding hydrogens is 348 g/mol. The average Bonchev–Trinajstić information content (AvgIpc) is 3.13. The number of hydrogen-bond donors (Lipinski definition) is 1. The van der Waals surface area contributed by atoms with Gasteiger partial charge >= 0.3 is 0 Å². The first kappa shape index (κ1) is 16.5. The predicted molar refractivity (Wildman–Crippen MR) is 93.8 cm³/mol. The lowest BCUT2D eigenvalue weighted by Crippen LogP contribution is -2.14. The molecule has 2 aromatic heterocycles. The molecule has 0 radical (unpaired) electrons. The Morgan fingerprint density at radius 2 is 2.21 bits per heavy atom. The summed E-state index contributed by atoms with van der Waals surface area (Å²) in [6, 6.07) is 8.72. The van der Waals surface area contributed by atoms with Crippen LogP contribution in [0, 0.1) is 13.8 Å². The summed E-state index contributed by atoms with van der Waals surface area (Å²) in [7, 11) is 0. The van der Waals surface area contributed by atoms with Crippen molar-refractivity contribution in [3.05, 3.63) is 57.8 Å². The maximum Gasteiger partial charge on any atom is 0.277 e. The number of carbonyl (C=O) groups is 1. The number of benzene rings is 1. The Morgan fingerprint density at radius 3 is 2.92 bits per heavy atom. The van der Waals surface area contributed by atoms with Crippen LogP contribution in [0.2, 0.25) is 5.02 Å². The number of anilines is 1. The van der Waals surface area contributed by atoms with Gasteiger partial charge in [-0.1, -0.05) is 17.7 Å². The molecule has 0 spiro atoms. The number of nitrogens with zero attached hydrogens (tertiary/aromatic N) is 3. The number of rotatable bonds is 5. The lowest BCUT2D eigenvalue weighted by molar-refractivity contribution is 0.102. The minimum absolute atomic E-state index is 0.184. The Bertz CT molecular complexity index is 855. The Hall–Kier alpha value is -2.38. The van der Waals surface area contributed by atoms with Gasteiger partial charge in [0.05, 0.1) is 5.69 Å². The molecule has 124 valence electrons. The minimum atomic E-state index is -0.301. The van der Waals surface area contributed by atoms with Crippen LogP contribution in [0.5, 0.6) is 5.75 Å². The third kappa shape index (κ3) is 3.93. The van der Waals surface area contributed by atoms with E-state index in [9.17, 15) is 4.79 Å². The summed E-state index contributed by atoms with van der Waals surface area (Å²) >= 11 is 7.34. The molecule has 1 N–H and O–H groups in total. The number of ether oxygens (including phenoxy) is 1. The van der Waals surface area contributed by atoms with Gasteiger partial charge in [0.25, 0.3) is 5.91 Å². The van der Waals surface area contributed by atoms with Crippen LogP contribution in [-0.2, 0) is 6.73 Å². The molecule has 3 aromatic rings. The fourth-order valence-corrected chi connectivity index (χ4v) is 2.93. The van der Waals surface area contributed by atoms with Crippen molar-refractivity contribution in [3.8, 4) is 5.75 Å². The van der Waals surface area contributed by atoms with Crippen molar-refractivity contribution < 1.29 is 9.53 Å². The molecule has 1 aromatic carbocycles. The number of amides is 1. The summed E-state index contributed by atoms with van der Waals surface area (Å²) in [6.45, 7) is 4.05. The Labute approximate surface area is 148 Å². The summed E-state index contributed by atoms with van der Waals surface area (Å²) in [5.74, 6) is 0.336. The number of thiazole rings is 1. The molecule has 0 aliphatic carbocycles. The molecular formula is C16H15ClN4O2S. The molecule has 0 unspecified atom stereocenters. The van der Waals surface area contributed by atoms with Gasteiger partial charge in [0.1, 0.15) is 5.75 Å². The van der Waals surface area contributed by atoms with Gasteiger partial charge in [-0.05, 0) is 38.1 Å². The SMILES string of the molecule is Cc1nc(NC(=O)c2ccn(COc3cccc(Cl)c3)n2)sc1C. The second-order valence-electron chi connectivity index (χ2n) is 5.09. The van der Waals surface area contributed by atoms with Crippen molar-refractivity contribution in [2.75, 3.05) is 5.32 Å².